The van der Waals surface area contributed by atoms with Gasteiger partial charge in [0.2, 0.25) is 0 Å². The molecule has 2 heteroatoms. The first-order valence-electron chi connectivity index (χ1n) is 11.9. The molecule has 0 bridgehead atoms. The molecule has 0 heterocycles. The predicted octanol–water partition coefficient (Wildman–Crippen LogP) is 7.99. The van der Waals surface area contributed by atoms with Gasteiger partial charge in [0.25, 0.3) is 0 Å². The van der Waals surface area contributed by atoms with Gasteiger partial charge in [-0.2, -0.15) is 0 Å². The SMILES string of the molecule is CCCCC(CC)COC(OCC(CC)CCCC)C(CC)CCCC. The van der Waals surface area contributed by atoms with Gasteiger partial charge in [0.05, 0.1) is 13.2 Å². The Morgan fingerprint density at radius 3 is 1.31 bits per heavy atom. The van der Waals surface area contributed by atoms with E-state index < -0.39 is 0 Å². The van der Waals surface area contributed by atoms with Gasteiger partial charge < -0.3 is 9.47 Å². The first-order valence-corrected chi connectivity index (χ1v) is 11.9. The van der Waals surface area contributed by atoms with Gasteiger partial charge in [0.1, 0.15) is 0 Å². The molecule has 0 N–H and O–H groups in total. The molecule has 0 spiro atoms. The lowest BCUT2D eigenvalue weighted by molar-refractivity contribution is -0.188. The third kappa shape index (κ3) is 12.3. The molecule has 0 aliphatic rings. The second-order valence-corrected chi connectivity index (χ2v) is 8.18. The number of rotatable bonds is 19. The summed E-state index contributed by atoms with van der Waals surface area (Å²) in [6, 6.07) is 0. The van der Waals surface area contributed by atoms with Crippen LogP contribution >= 0.6 is 0 Å². The molecule has 0 aromatic carbocycles. The van der Waals surface area contributed by atoms with Crippen LogP contribution in [0.5, 0.6) is 0 Å². The Hall–Kier alpha value is -0.0800. The van der Waals surface area contributed by atoms with Crippen LogP contribution in [0, 0.1) is 17.8 Å². The molecular formula is C24H50O2. The van der Waals surface area contributed by atoms with Crippen molar-refractivity contribution in [2.24, 2.45) is 17.8 Å². The van der Waals surface area contributed by atoms with Crippen molar-refractivity contribution < 1.29 is 9.47 Å². The van der Waals surface area contributed by atoms with Gasteiger partial charge in [-0.3, -0.25) is 0 Å². The van der Waals surface area contributed by atoms with Crippen molar-refractivity contribution in [1.29, 1.82) is 0 Å². The molecule has 0 rings (SSSR count). The van der Waals surface area contributed by atoms with Crippen LogP contribution in [-0.2, 0) is 9.47 Å². The monoisotopic (exact) mass is 370 g/mol. The summed E-state index contributed by atoms with van der Waals surface area (Å²) in [7, 11) is 0. The second-order valence-electron chi connectivity index (χ2n) is 8.18. The molecule has 0 fully saturated rings. The topological polar surface area (TPSA) is 18.5 Å². The number of hydrogen-bond acceptors (Lipinski definition) is 2. The van der Waals surface area contributed by atoms with E-state index >= 15 is 0 Å². The molecule has 26 heavy (non-hydrogen) atoms. The number of ether oxygens (including phenoxy) is 2. The summed E-state index contributed by atoms with van der Waals surface area (Å²) in [6.45, 7) is 15.5. The fourth-order valence-electron chi connectivity index (χ4n) is 3.58. The summed E-state index contributed by atoms with van der Waals surface area (Å²) < 4.78 is 12.8. The van der Waals surface area contributed by atoms with E-state index in [4.69, 9.17) is 9.47 Å². The normalized spacial score (nSPS) is 16.4. The molecule has 0 aliphatic carbocycles. The van der Waals surface area contributed by atoms with Crippen molar-refractivity contribution in [2.75, 3.05) is 13.2 Å². The number of hydrogen-bond donors (Lipinski definition) is 0. The van der Waals surface area contributed by atoms with E-state index in [2.05, 4.69) is 41.5 Å². The molecule has 0 radical (unpaired) electrons. The van der Waals surface area contributed by atoms with Gasteiger partial charge >= 0.3 is 0 Å². The highest BCUT2D eigenvalue weighted by Crippen LogP contribution is 2.24. The third-order valence-electron chi connectivity index (χ3n) is 5.92. The van der Waals surface area contributed by atoms with Crippen LogP contribution in [0.15, 0.2) is 0 Å². The first kappa shape index (κ1) is 25.9. The summed E-state index contributed by atoms with van der Waals surface area (Å²) in [5.74, 6) is 1.92. The van der Waals surface area contributed by atoms with E-state index in [0.29, 0.717) is 17.8 Å². The van der Waals surface area contributed by atoms with E-state index in [9.17, 15) is 0 Å². The highest BCUT2D eigenvalue weighted by molar-refractivity contribution is 4.66. The summed E-state index contributed by atoms with van der Waals surface area (Å²) in [4.78, 5) is 0. The van der Waals surface area contributed by atoms with Gasteiger partial charge in [-0.15, -0.1) is 0 Å². The van der Waals surface area contributed by atoms with Crippen LogP contribution in [0.4, 0.5) is 0 Å². The Balaban J connectivity index is 4.70. The van der Waals surface area contributed by atoms with Crippen molar-refractivity contribution in [3.8, 4) is 0 Å². The lowest BCUT2D eigenvalue weighted by Gasteiger charge is -2.30. The Morgan fingerprint density at radius 2 is 0.962 bits per heavy atom. The maximum absolute atomic E-state index is 6.42. The van der Waals surface area contributed by atoms with E-state index in [-0.39, 0.29) is 6.29 Å². The highest BCUT2D eigenvalue weighted by atomic mass is 16.7. The summed E-state index contributed by atoms with van der Waals surface area (Å²) in [6.07, 6.45) is 15.1. The zero-order valence-electron chi connectivity index (χ0n) is 19.0. The molecule has 0 aromatic heterocycles. The Labute approximate surface area is 165 Å². The minimum Gasteiger partial charge on any atom is -0.352 e. The third-order valence-corrected chi connectivity index (χ3v) is 5.92. The summed E-state index contributed by atoms with van der Waals surface area (Å²) >= 11 is 0. The molecule has 158 valence electrons. The summed E-state index contributed by atoms with van der Waals surface area (Å²) in [5, 5.41) is 0. The predicted molar refractivity (Wildman–Crippen MR) is 116 cm³/mol. The molecule has 2 nitrogen and oxygen atoms in total. The molecule has 3 atom stereocenters. The van der Waals surface area contributed by atoms with Crippen LogP contribution in [0.2, 0.25) is 0 Å². The molecule has 0 aliphatic heterocycles. The zero-order chi connectivity index (χ0) is 19.6. The lowest BCUT2D eigenvalue weighted by atomic mass is 9.97. The van der Waals surface area contributed by atoms with E-state index in [0.717, 1.165) is 19.6 Å². The van der Waals surface area contributed by atoms with Crippen molar-refractivity contribution in [2.45, 2.75) is 125 Å². The second kappa shape index (κ2) is 18.3. The van der Waals surface area contributed by atoms with Gasteiger partial charge in [-0.05, 0) is 37.5 Å². The Bertz CT molecular complexity index is 259. The van der Waals surface area contributed by atoms with Gasteiger partial charge in [0, 0.05) is 5.92 Å². The van der Waals surface area contributed by atoms with Crippen molar-refractivity contribution in [3.05, 3.63) is 0 Å². The fourth-order valence-corrected chi connectivity index (χ4v) is 3.58. The fraction of sp³-hybridized carbons (Fsp3) is 1.00. The quantitative estimate of drug-likeness (QED) is 0.214. The molecule has 3 unspecified atom stereocenters. The highest BCUT2D eigenvalue weighted by Gasteiger charge is 2.23. The average Bonchev–Trinajstić information content (AvgIpc) is 2.67. The van der Waals surface area contributed by atoms with Crippen LogP contribution < -0.4 is 0 Å². The van der Waals surface area contributed by atoms with Gasteiger partial charge in [-0.25, -0.2) is 0 Å². The Kier molecular flexibility index (Phi) is 18.2. The lowest BCUT2D eigenvalue weighted by Crippen LogP contribution is -2.31. The molecule has 0 amide bonds. The molecule has 0 saturated carbocycles. The Morgan fingerprint density at radius 1 is 0.538 bits per heavy atom. The van der Waals surface area contributed by atoms with E-state index in [1.807, 2.05) is 0 Å². The molecule has 0 aromatic rings. The molecule has 0 saturated heterocycles. The molecular weight excluding hydrogens is 320 g/mol. The van der Waals surface area contributed by atoms with E-state index in [1.165, 1.54) is 70.6 Å². The first-order chi connectivity index (χ1) is 12.7. The van der Waals surface area contributed by atoms with Crippen LogP contribution in [0.3, 0.4) is 0 Å². The maximum Gasteiger partial charge on any atom is 0.160 e. The van der Waals surface area contributed by atoms with Crippen LogP contribution in [0.1, 0.15) is 119 Å². The van der Waals surface area contributed by atoms with Crippen LogP contribution in [0.25, 0.3) is 0 Å². The van der Waals surface area contributed by atoms with Crippen molar-refractivity contribution >= 4 is 0 Å². The van der Waals surface area contributed by atoms with Gasteiger partial charge in [-0.1, -0.05) is 92.9 Å². The summed E-state index contributed by atoms with van der Waals surface area (Å²) in [5.41, 5.74) is 0. The van der Waals surface area contributed by atoms with Crippen LogP contribution in [-0.4, -0.2) is 19.5 Å². The standard InChI is InChI=1S/C24H50O2/c1-7-13-16-21(10-4)19-25-24(23(12-6)18-15-9-3)26-20-22(11-5)17-14-8-2/h21-24H,7-20H2,1-6H3. The van der Waals surface area contributed by atoms with Crippen molar-refractivity contribution in [1.82, 2.24) is 0 Å². The largest absolute Gasteiger partial charge is 0.352 e. The van der Waals surface area contributed by atoms with E-state index in [1.54, 1.807) is 0 Å². The average molecular weight is 371 g/mol. The smallest absolute Gasteiger partial charge is 0.160 e. The minimum absolute atomic E-state index is 0.00194. The number of unbranched alkanes of at least 4 members (excludes halogenated alkanes) is 3. The minimum atomic E-state index is -0.00194. The van der Waals surface area contributed by atoms with Crippen molar-refractivity contribution in [3.63, 3.8) is 0 Å². The zero-order valence-corrected chi connectivity index (χ0v) is 19.0. The van der Waals surface area contributed by atoms with Gasteiger partial charge in [0.15, 0.2) is 6.29 Å². The maximum atomic E-state index is 6.42.